The minimum atomic E-state index is -0.402. The van der Waals surface area contributed by atoms with Crippen LogP contribution in [0.2, 0.25) is 0 Å². The van der Waals surface area contributed by atoms with Gasteiger partial charge in [0.2, 0.25) is 5.91 Å². The van der Waals surface area contributed by atoms with E-state index in [9.17, 15) is 4.79 Å². The van der Waals surface area contributed by atoms with Gasteiger partial charge in [-0.25, -0.2) is 0 Å². The van der Waals surface area contributed by atoms with E-state index in [4.69, 9.17) is 5.73 Å². The molecule has 3 nitrogen and oxygen atoms in total. The highest BCUT2D eigenvalue weighted by atomic mass is 128. The van der Waals surface area contributed by atoms with Crippen molar-refractivity contribution in [3.63, 3.8) is 0 Å². The van der Waals surface area contributed by atoms with Crippen molar-refractivity contribution in [2.75, 3.05) is 5.32 Å². The number of rotatable bonds is 0. The molecule has 1 atom stereocenters. The number of aryl methyl sites for hydroxylation is 1. The average Bonchev–Trinajstić information content (AvgIpc) is 2.93. The number of halogens is 2. The second-order valence-corrected chi connectivity index (χ2v) is 4.45. The first kappa shape index (κ1) is 31.3. The summed E-state index contributed by atoms with van der Waals surface area (Å²) in [5.74, 6) is -0.0842. The second-order valence-electron chi connectivity index (χ2n) is 4.45. The van der Waals surface area contributed by atoms with Crippen molar-refractivity contribution in [3.05, 3.63) is 42.0 Å². The van der Waals surface area contributed by atoms with Crippen LogP contribution < -0.4 is 11.1 Å². The van der Waals surface area contributed by atoms with Crippen LogP contribution in [0.15, 0.2) is 36.4 Å². The van der Waals surface area contributed by atoms with Crippen LogP contribution in [-0.2, 0) is 11.2 Å². The largest absolute Gasteiger partial charge is 0.324 e. The van der Waals surface area contributed by atoms with E-state index in [0.29, 0.717) is 6.42 Å². The summed E-state index contributed by atoms with van der Waals surface area (Å²) in [5, 5.41) is 5.31. The lowest BCUT2D eigenvalue weighted by molar-refractivity contribution is -0.117. The van der Waals surface area contributed by atoms with Crippen molar-refractivity contribution in [3.8, 4) is 0 Å². The number of carbonyl (C=O) groups is 1. The predicted octanol–water partition coefficient (Wildman–Crippen LogP) is 7.93. The number of carbonyl (C=O) groups excluding carboxylic acids is 1. The monoisotopic (exact) mass is 600 g/mol. The van der Waals surface area contributed by atoms with E-state index in [1.165, 1.54) is 16.3 Å². The zero-order chi connectivity index (χ0) is 21.8. The SMILES string of the molecule is CC.CC.CC.CC.II.NC1CCc2c(ccc3ccccc23)NC1=O. The molecule has 0 spiro atoms. The highest BCUT2D eigenvalue weighted by Gasteiger charge is 2.20. The van der Waals surface area contributed by atoms with Gasteiger partial charge in [-0.1, -0.05) is 85.7 Å². The van der Waals surface area contributed by atoms with Gasteiger partial charge in [0.25, 0.3) is 0 Å². The molecule has 1 unspecified atom stereocenters. The quantitative estimate of drug-likeness (QED) is 0.302. The number of nitrogens with two attached hydrogens (primary N) is 1. The van der Waals surface area contributed by atoms with Gasteiger partial charge in [-0.2, -0.15) is 0 Å². The van der Waals surface area contributed by atoms with Crippen LogP contribution in [0, 0.1) is 0 Å². The average molecular weight is 600 g/mol. The molecule has 27 heavy (non-hydrogen) atoms. The molecule has 1 aliphatic heterocycles. The van der Waals surface area contributed by atoms with E-state index in [0.717, 1.165) is 12.1 Å². The molecule has 1 amide bonds. The van der Waals surface area contributed by atoms with E-state index in [1.807, 2.05) is 79.7 Å². The summed E-state index contributed by atoms with van der Waals surface area (Å²) >= 11 is 4.24. The van der Waals surface area contributed by atoms with Crippen LogP contribution in [0.4, 0.5) is 5.69 Å². The molecule has 1 heterocycles. The molecule has 0 aliphatic carbocycles. The molecular weight excluding hydrogens is 562 g/mol. The van der Waals surface area contributed by atoms with Crippen LogP contribution in [0.5, 0.6) is 0 Å². The maximum Gasteiger partial charge on any atom is 0.241 e. The molecule has 0 fully saturated rings. The van der Waals surface area contributed by atoms with Crippen molar-refractivity contribution in [2.24, 2.45) is 5.73 Å². The van der Waals surface area contributed by atoms with E-state index in [-0.39, 0.29) is 5.91 Å². The molecule has 2 aromatic rings. The number of amides is 1. The van der Waals surface area contributed by atoms with Gasteiger partial charge < -0.3 is 11.1 Å². The molecule has 0 bridgehead atoms. The summed E-state index contributed by atoms with van der Waals surface area (Å²) in [6.07, 6.45) is 1.55. The number of anilines is 1. The van der Waals surface area contributed by atoms with Gasteiger partial charge in [0.05, 0.1) is 6.04 Å². The Bertz CT molecular complexity index is 604. The Balaban J connectivity index is -0.000000504. The first-order valence-corrected chi connectivity index (χ1v) is 16.3. The van der Waals surface area contributed by atoms with Gasteiger partial charge in [0.1, 0.15) is 0 Å². The zero-order valence-corrected chi connectivity index (χ0v) is 22.5. The zero-order valence-electron chi connectivity index (χ0n) is 18.2. The first-order valence-electron chi connectivity index (χ1n) is 9.97. The van der Waals surface area contributed by atoms with Crippen LogP contribution >= 0.6 is 37.2 Å². The van der Waals surface area contributed by atoms with E-state index < -0.39 is 6.04 Å². The maximum atomic E-state index is 11.7. The van der Waals surface area contributed by atoms with Crippen LogP contribution in [-0.4, -0.2) is 11.9 Å². The summed E-state index contributed by atoms with van der Waals surface area (Å²) in [7, 11) is 0. The van der Waals surface area contributed by atoms with E-state index in [1.54, 1.807) is 0 Å². The fourth-order valence-corrected chi connectivity index (χ4v) is 2.38. The van der Waals surface area contributed by atoms with Gasteiger partial charge >= 0.3 is 0 Å². The Labute approximate surface area is 190 Å². The third-order valence-electron chi connectivity index (χ3n) is 3.34. The Kier molecular flexibility index (Phi) is 25.4. The summed E-state index contributed by atoms with van der Waals surface area (Å²) in [6, 6.07) is 11.8. The fraction of sp³-hybridized carbons (Fsp3) is 0.500. The number of benzene rings is 2. The Morgan fingerprint density at radius 3 is 1.96 bits per heavy atom. The molecule has 3 N–H and O–H groups in total. The van der Waals surface area contributed by atoms with Crippen molar-refractivity contribution in [2.45, 2.75) is 74.3 Å². The molecule has 0 aromatic heterocycles. The van der Waals surface area contributed by atoms with Crippen LogP contribution in [0.3, 0.4) is 0 Å². The lowest BCUT2D eigenvalue weighted by Crippen LogP contribution is -2.34. The van der Waals surface area contributed by atoms with Crippen LogP contribution in [0.1, 0.15) is 67.4 Å². The molecule has 5 heteroatoms. The third-order valence-corrected chi connectivity index (χ3v) is 3.34. The van der Waals surface area contributed by atoms with Crippen molar-refractivity contribution < 1.29 is 4.79 Å². The highest BCUT2D eigenvalue weighted by molar-refractivity contribution is 15.0. The van der Waals surface area contributed by atoms with Crippen molar-refractivity contribution >= 4 is 59.6 Å². The van der Waals surface area contributed by atoms with E-state index >= 15 is 0 Å². The normalized spacial score (nSPS) is 13.4. The standard InChI is InChI=1S/C14H14N2O.4C2H6.I2/c15-12-7-6-11-10-4-2-1-3-9(10)5-8-13(11)16-14(12)17;5*1-2/h1-5,8,12H,6-7,15H2,(H,16,17);4*1-2H3;. The van der Waals surface area contributed by atoms with Crippen molar-refractivity contribution in [1.82, 2.24) is 0 Å². The summed E-state index contributed by atoms with van der Waals surface area (Å²) < 4.78 is 0. The summed E-state index contributed by atoms with van der Waals surface area (Å²) in [4.78, 5) is 11.7. The second kappa shape index (κ2) is 21.9. The summed E-state index contributed by atoms with van der Waals surface area (Å²) in [6.45, 7) is 16.0. The Hall–Kier alpha value is -0.410. The van der Waals surface area contributed by atoms with Crippen molar-refractivity contribution in [1.29, 1.82) is 0 Å². The minimum Gasteiger partial charge on any atom is -0.324 e. The van der Waals surface area contributed by atoms with Gasteiger partial charge in [-0.3, -0.25) is 4.79 Å². The molecule has 0 radical (unpaired) electrons. The molecule has 1 aliphatic rings. The predicted molar refractivity (Wildman–Crippen MR) is 142 cm³/mol. The molecule has 156 valence electrons. The topological polar surface area (TPSA) is 55.1 Å². The van der Waals surface area contributed by atoms with Crippen LogP contribution in [0.25, 0.3) is 10.8 Å². The minimum absolute atomic E-state index is 0.0842. The summed E-state index contributed by atoms with van der Waals surface area (Å²) in [5.41, 5.74) is 7.89. The van der Waals surface area contributed by atoms with Gasteiger partial charge in [-0.05, 0) is 35.2 Å². The fourth-order valence-electron chi connectivity index (χ4n) is 2.38. The lowest BCUT2D eigenvalue weighted by Gasteiger charge is -2.10. The molecular formula is C22H38I2N2O. The Morgan fingerprint density at radius 1 is 0.889 bits per heavy atom. The van der Waals surface area contributed by atoms with Gasteiger partial charge in [-0.15, -0.1) is 0 Å². The lowest BCUT2D eigenvalue weighted by atomic mass is 9.99. The van der Waals surface area contributed by atoms with Gasteiger partial charge in [0.15, 0.2) is 0 Å². The van der Waals surface area contributed by atoms with E-state index in [2.05, 4.69) is 54.7 Å². The smallest absolute Gasteiger partial charge is 0.241 e. The number of hydrogen-bond donors (Lipinski definition) is 2. The molecule has 0 saturated carbocycles. The number of fused-ring (bicyclic) bond motifs is 3. The Morgan fingerprint density at radius 2 is 1.41 bits per heavy atom. The molecule has 3 rings (SSSR count). The first-order chi connectivity index (χ1) is 13.3. The molecule has 2 aromatic carbocycles. The third kappa shape index (κ3) is 10.6. The molecule has 0 saturated heterocycles. The highest BCUT2D eigenvalue weighted by Crippen LogP contribution is 2.29. The number of nitrogens with one attached hydrogen (secondary N) is 1. The van der Waals surface area contributed by atoms with Gasteiger partial charge in [0, 0.05) is 42.9 Å². The maximum absolute atomic E-state index is 11.7. The number of hydrogen-bond acceptors (Lipinski definition) is 2.